The molecule has 2 aromatic carbocycles. The van der Waals surface area contributed by atoms with E-state index in [0.29, 0.717) is 12.3 Å². The molecular weight excluding hydrogens is 372 g/mol. The lowest BCUT2D eigenvalue weighted by atomic mass is 10.1. The number of benzene rings is 2. The molecule has 3 aromatic rings. The number of rotatable bonds is 5. The van der Waals surface area contributed by atoms with Crippen LogP contribution in [0.3, 0.4) is 0 Å². The van der Waals surface area contributed by atoms with Crippen molar-refractivity contribution < 1.29 is 14.1 Å². The number of fused-ring (bicyclic) bond motifs is 1. The van der Waals surface area contributed by atoms with Crippen LogP contribution in [0.2, 0.25) is 0 Å². The molecule has 0 saturated carbocycles. The highest BCUT2D eigenvalue weighted by atomic mass is 79.9. The second kappa shape index (κ2) is 7.05. The summed E-state index contributed by atoms with van der Waals surface area (Å²) in [6.07, 6.45) is 0. The molecule has 5 nitrogen and oxygen atoms in total. The number of carbonyl (C=O) groups is 1. The molecule has 0 unspecified atom stereocenters. The van der Waals surface area contributed by atoms with E-state index in [-0.39, 0.29) is 12.5 Å². The summed E-state index contributed by atoms with van der Waals surface area (Å²) < 4.78 is 11.5. The normalized spacial score (nSPS) is 10.8. The Balaban J connectivity index is 1.64. The number of halogens is 1. The van der Waals surface area contributed by atoms with E-state index in [4.69, 9.17) is 9.26 Å². The summed E-state index contributed by atoms with van der Waals surface area (Å²) in [7, 11) is 1.71. The van der Waals surface area contributed by atoms with Gasteiger partial charge in [-0.2, -0.15) is 0 Å². The van der Waals surface area contributed by atoms with Crippen molar-refractivity contribution in [2.45, 2.75) is 13.5 Å². The minimum atomic E-state index is -0.129. The lowest BCUT2D eigenvalue weighted by Gasteiger charge is -2.16. The molecule has 0 spiro atoms. The minimum absolute atomic E-state index is 0.0374. The van der Waals surface area contributed by atoms with E-state index in [2.05, 4.69) is 21.1 Å². The van der Waals surface area contributed by atoms with Gasteiger partial charge in [0, 0.05) is 13.1 Å². The van der Waals surface area contributed by atoms with E-state index in [9.17, 15) is 4.79 Å². The van der Waals surface area contributed by atoms with Crippen molar-refractivity contribution in [1.29, 1.82) is 0 Å². The van der Waals surface area contributed by atoms with Crippen molar-refractivity contribution >= 4 is 32.6 Å². The molecule has 0 atom stereocenters. The van der Waals surface area contributed by atoms with Crippen LogP contribution in [0, 0.1) is 6.92 Å². The standard InChI is InChI=1S/C18H17BrN2O3/c1-12-9-14(20-24-12)10-21(2)17(22)11-23-16-8-7-13-5-3-4-6-15(13)18(16)19/h3-9H,10-11H2,1-2H3. The minimum Gasteiger partial charge on any atom is -0.483 e. The summed E-state index contributed by atoms with van der Waals surface area (Å²) in [4.78, 5) is 13.8. The Labute approximate surface area is 148 Å². The Hall–Kier alpha value is -2.34. The highest BCUT2D eigenvalue weighted by molar-refractivity contribution is 9.10. The van der Waals surface area contributed by atoms with Gasteiger partial charge in [0.25, 0.3) is 5.91 Å². The van der Waals surface area contributed by atoms with Gasteiger partial charge in [-0.3, -0.25) is 4.79 Å². The van der Waals surface area contributed by atoms with Crippen molar-refractivity contribution in [2.24, 2.45) is 0 Å². The molecule has 0 saturated heterocycles. The van der Waals surface area contributed by atoms with Gasteiger partial charge in [-0.1, -0.05) is 35.5 Å². The number of amides is 1. The molecule has 1 heterocycles. The first-order chi connectivity index (χ1) is 11.5. The van der Waals surface area contributed by atoms with E-state index < -0.39 is 0 Å². The molecule has 0 bridgehead atoms. The molecule has 1 aromatic heterocycles. The predicted molar refractivity (Wildman–Crippen MR) is 94.9 cm³/mol. The molecule has 0 radical (unpaired) electrons. The lowest BCUT2D eigenvalue weighted by molar-refractivity contribution is -0.132. The zero-order valence-corrected chi connectivity index (χ0v) is 15.0. The second-order valence-corrected chi connectivity index (χ2v) is 6.36. The first kappa shape index (κ1) is 16.5. The van der Waals surface area contributed by atoms with Gasteiger partial charge in [-0.05, 0) is 39.7 Å². The molecule has 24 heavy (non-hydrogen) atoms. The molecule has 1 amide bonds. The van der Waals surface area contributed by atoms with E-state index in [0.717, 1.165) is 26.7 Å². The number of hydrogen-bond donors (Lipinski definition) is 0. The maximum Gasteiger partial charge on any atom is 0.260 e. The molecule has 0 aliphatic carbocycles. The van der Waals surface area contributed by atoms with Crippen LogP contribution in [-0.4, -0.2) is 29.6 Å². The van der Waals surface area contributed by atoms with E-state index in [1.54, 1.807) is 11.9 Å². The smallest absolute Gasteiger partial charge is 0.260 e. The van der Waals surface area contributed by atoms with Gasteiger partial charge in [0.05, 0.1) is 11.0 Å². The van der Waals surface area contributed by atoms with Crippen molar-refractivity contribution in [2.75, 3.05) is 13.7 Å². The Bertz CT molecular complexity index is 876. The zero-order chi connectivity index (χ0) is 17.1. The fourth-order valence-electron chi connectivity index (χ4n) is 2.40. The quantitative estimate of drug-likeness (QED) is 0.664. The third-order valence-corrected chi connectivity index (χ3v) is 4.50. The van der Waals surface area contributed by atoms with Gasteiger partial charge in [0.15, 0.2) is 6.61 Å². The molecule has 0 aliphatic rings. The summed E-state index contributed by atoms with van der Waals surface area (Å²) in [6, 6.07) is 13.6. The Morgan fingerprint density at radius 2 is 2.08 bits per heavy atom. The van der Waals surface area contributed by atoms with Gasteiger partial charge >= 0.3 is 0 Å². The average Bonchev–Trinajstić information content (AvgIpc) is 2.99. The maximum absolute atomic E-state index is 12.2. The lowest BCUT2D eigenvalue weighted by Crippen LogP contribution is -2.31. The Kier molecular flexibility index (Phi) is 4.85. The Morgan fingerprint density at radius 3 is 2.83 bits per heavy atom. The number of hydrogen-bond acceptors (Lipinski definition) is 4. The fourth-order valence-corrected chi connectivity index (χ4v) is 3.01. The van der Waals surface area contributed by atoms with Crippen LogP contribution in [0.15, 0.2) is 51.5 Å². The van der Waals surface area contributed by atoms with Crippen molar-refractivity contribution in [1.82, 2.24) is 10.1 Å². The average molecular weight is 389 g/mol. The van der Waals surface area contributed by atoms with Crippen LogP contribution in [-0.2, 0) is 11.3 Å². The van der Waals surface area contributed by atoms with Crippen LogP contribution in [0.4, 0.5) is 0 Å². The summed E-state index contributed by atoms with van der Waals surface area (Å²) in [5.41, 5.74) is 0.718. The fraction of sp³-hybridized carbons (Fsp3) is 0.222. The number of likely N-dealkylation sites (N-methyl/N-ethyl adjacent to an activating group) is 1. The molecule has 0 N–H and O–H groups in total. The number of aromatic nitrogens is 1. The van der Waals surface area contributed by atoms with E-state index in [1.807, 2.05) is 49.4 Å². The third-order valence-electron chi connectivity index (χ3n) is 3.68. The summed E-state index contributed by atoms with van der Waals surface area (Å²) >= 11 is 3.55. The molecular formula is C18H17BrN2O3. The highest BCUT2D eigenvalue weighted by Gasteiger charge is 2.14. The van der Waals surface area contributed by atoms with E-state index >= 15 is 0 Å². The Morgan fingerprint density at radius 1 is 1.29 bits per heavy atom. The van der Waals surface area contributed by atoms with Gasteiger partial charge in [-0.15, -0.1) is 0 Å². The number of carbonyl (C=O) groups excluding carboxylic acids is 1. The molecule has 0 aliphatic heterocycles. The van der Waals surface area contributed by atoms with Crippen molar-refractivity contribution in [3.63, 3.8) is 0 Å². The zero-order valence-electron chi connectivity index (χ0n) is 13.5. The molecule has 3 rings (SSSR count). The van der Waals surface area contributed by atoms with Gasteiger partial charge in [-0.25, -0.2) is 0 Å². The van der Waals surface area contributed by atoms with E-state index in [1.165, 1.54) is 0 Å². The molecule has 6 heteroatoms. The van der Waals surface area contributed by atoms with Gasteiger partial charge in [0.1, 0.15) is 17.2 Å². The van der Waals surface area contributed by atoms with Crippen LogP contribution in [0.25, 0.3) is 10.8 Å². The SMILES string of the molecule is Cc1cc(CN(C)C(=O)COc2ccc3ccccc3c2Br)no1. The number of nitrogens with zero attached hydrogens (tertiary/aromatic N) is 2. The van der Waals surface area contributed by atoms with Crippen LogP contribution < -0.4 is 4.74 Å². The first-order valence-corrected chi connectivity index (χ1v) is 8.30. The highest BCUT2D eigenvalue weighted by Crippen LogP contribution is 2.33. The van der Waals surface area contributed by atoms with Crippen LogP contribution in [0.5, 0.6) is 5.75 Å². The topological polar surface area (TPSA) is 55.6 Å². The second-order valence-electron chi connectivity index (χ2n) is 5.57. The predicted octanol–water partition coefficient (Wildman–Crippen LogP) is 3.94. The summed E-state index contributed by atoms with van der Waals surface area (Å²) in [6.45, 7) is 2.17. The van der Waals surface area contributed by atoms with Crippen LogP contribution >= 0.6 is 15.9 Å². The van der Waals surface area contributed by atoms with Crippen molar-refractivity contribution in [3.8, 4) is 5.75 Å². The summed E-state index contributed by atoms with van der Waals surface area (Å²) in [5, 5.41) is 6.05. The summed E-state index contributed by atoms with van der Waals surface area (Å²) in [5.74, 6) is 1.24. The monoisotopic (exact) mass is 388 g/mol. The first-order valence-electron chi connectivity index (χ1n) is 7.51. The van der Waals surface area contributed by atoms with Gasteiger partial charge in [0.2, 0.25) is 0 Å². The molecule has 124 valence electrons. The number of aryl methyl sites for hydroxylation is 1. The van der Waals surface area contributed by atoms with Crippen molar-refractivity contribution in [3.05, 3.63) is 58.4 Å². The molecule has 0 fully saturated rings. The van der Waals surface area contributed by atoms with Crippen LogP contribution in [0.1, 0.15) is 11.5 Å². The maximum atomic E-state index is 12.2. The number of ether oxygens (including phenoxy) is 1. The third kappa shape index (κ3) is 3.59. The van der Waals surface area contributed by atoms with Gasteiger partial charge < -0.3 is 14.2 Å². The largest absolute Gasteiger partial charge is 0.483 e.